The van der Waals surface area contributed by atoms with Gasteiger partial charge in [-0.1, -0.05) is 117 Å². The van der Waals surface area contributed by atoms with Gasteiger partial charge in [-0.05, 0) is 75.7 Å². The summed E-state index contributed by atoms with van der Waals surface area (Å²) in [7, 11) is -6.26. The maximum absolute atomic E-state index is 15.4. The average molecular weight is 1140 g/mol. The Bertz CT molecular complexity index is 3020. The zero-order valence-electron chi connectivity index (χ0n) is 47.0. The molecule has 2 fully saturated rings. The summed E-state index contributed by atoms with van der Waals surface area (Å²) in [6.07, 6.45) is -7.81. The number of hydrogen-bond donors (Lipinski definition) is 3. The van der Waals surface area contributed by atoms with Gasteiger partial charge >= 0.3 is 19.2 Å². The molecule has 1 unspecified atom stereocenters. The maximum atomic E-state index is 15.4. The van der Waals surface area contributed by atoms with E-state index in [0.717, 1.165) is 17.2 Å². The van der Waals surface area contributed by atoms with Crippen molar-refractivity contribution in [2.45, 2.75) is 152 Å². The molecule has 0 amide bonds. The molecule has 3 aromatic carbocycles. The van der Waals surface area contributed by atoms with Crippen molar-refractivity contribution in [2.75, 3.05) is 34.5 Å². The largest absolute Gasteiger partial charge is 0.497 e. The number of H-pyrrole nitrogens is 2. The molecule has 2 aliphatic heterocycles. The third-order valence-corrected chi connectivity index (χ3v) is 27.6. The van der Waals surface area contributed by atoms with Crippen LogP contribution in [0, 0.1) is 0 Å². The summed E-state index contributed by atoms with van der Waals surface area (Å²) in [6.45, 7) is 21.6. The van der Waals surface area contributed by atoms with Crippen LogP contribution >= 0.6 is 7.82 Å². The number of hydrogen-bond acceptors (Lipinski definition) is 16. The van der Waals surface area contributed by atoms with Crippen LogP contribution < -0.4 is 32.0 Å². The van der Waals surface area contributed by atoms with E-state index in [1.54, 1.807) is 14.2 Å². The number of aliphatic hydroxyl groups excluding tert-OH is 1. The molecule has 5 aromatic rings. The van der Waals surface area contributed by atoms with Crippen molar-refractivity contribution in [3.8, 4) is 11.5 Å². The minimum Gasteiger partial charge on any atom is -0.497 e. The van der Waals surface area contributed by atoms with E-state index in [2.05, 4.69) is 51.5 Å². The fourth-order valence-corrected chi connectivity index (χ4v) is 18.6. The number of aromatic amines is 2. The number of ether oxygens (including phenoxy) is 5. The van der Waals surface area contributed by atoms with Crippen LogP contribution in [0.25, 0.3) is 0 Å². The van der Waals surface area contributed by atoms with Gasteiger partial charge in [-0.15, -0.1) is 0 Å². The third kappa shape index (κ3) is 12.3. The summed E-state index contributed by atoms with van der Waals surface area (Å²) in [5, 5.41) is 11.8. The molecule has 20 nitrogen and oxygen atoms in total. The zero-order chi connectivity index (χ0) is 57.1. The lowest BCUT2D eigenvalue weighted by Gasteiger charge is -2.45. The minimum absolute atomic E-state index is 0.0585. The summed E-state index contributed by atoms with van der Waals surface area (Å²) >= 11 is 0. The Balaban J connectivity index is 1.33. The Hall–Kier alpha value is -5.08. The van der Waals surface area contributed by atoms with Crippen molar-refractivity contribution in [1.29, 1.82) is 0 Å². The van der Waals surface area contributed by atoms with E-state index in [4.69, 9.17) is 46.1 Å². The molecule has 2 saturated heterocycles. The Morgan fingerprint density at radius 3 is 1.53 bits per heavy atom. The normalized spacial score (nSPS) is 23.1. The molecule has 0 radical (unpaired) electrons. The van der Waals surface area contributed by atoms with Crippen LogP contribution in [-0.2, 0) is 46.8 Å². The Labute approximate surface area is 457 Å². The van der Waals surface area contributed by atoms with Crippen molar-refractivity contribution in [2.24, 2.45) is 0 Å². The Kier molecular flexibility index (Phi) is 18.9. The first-order valence-electron chi connectivity index (χ1n) is 26.2. The lowest BCUT2D eigenvalue weighted by atomic mass is 9.80. The fraction of sp³-hybridized carbons (Fsp3) is 0.527. The van der Waals surface area contributed by atoms with Crippen molar-refractivity contribution >= 4 is 24.5 Å². The molecule has 0 aliphatic carbocycles. The highest BCUT2D eigenvalue weighted by atomic mass is 31.2. The quantitative estimate of drug-likeness (QED) is 0.0316. The zero-order valence-corrected chi connectivity index (χ0v) is 49.9. The van der Waals surface area contributed by atoms with Crippen LogP contribution in [0.3, 0.4) is 0 Å². The van der Waals surface area contributed by atoms with Gasteiger partial charge in [-0.25, -0.2) is 14.2 Å². The number of methoxy groups -OCH3 is 2. The van der Waals surface area contributed by atoms with Gasteiger partial charge in [0.15, 0.2) is 20.8 Å². The van der Waals surface area contributed by atoms with Gasteiger partial charge in [0, 0.05) is 31.6 Å². The van der Waals surface area contributed by atoms with Crippen molar-refractivity contribution in [3.05, 3.63) is 162 Å². The van der Waals surface area contributed by atoms with E-state index in [9.17, 15) is 24.3 Å². The van der Waals surface area contributed by atoms with Crippen LogP contribution in [0.15, 0.2) is 123 Å². The smallest absolute Gasteiger partial charge is 0.475 e. The molecule has 0 spiro atoms. The molecule has 78 heavy (non-hydrogen) atoms. The van der Waals surface area contributed by atoms with E-state index in [1.165, 1.54) is 29.1 Å². The molecule has 426 valence electrons. The predicted octanol–water partition coefficient (Wildman–Crippen LogP) is 8.38. The number of aliphatic hydroxyl groups is 1. The first-order chi connectivity index (χ1) is 36.7. The fourth-order valence-electron chi connectivity index (χ4n) is 10.7. The van der Waals surface area contributed by atoms with E-state index in [0.29, 0.717) is 22.6 Å². The van der Waals surface area contributed by atoms with Gasteiger partial charge in [0.25, 0.3) is 11.1 Å². The lowest BCUT2D eigenvalue weighted by molar-refractivity contribution is -0.0966. The predicted molar refractivity (Wildman–Crippen MR) is 298 cm³/mol. The molecular formula is C55H77N4O16PSi2. The standard InChI is InChI=1S/C55H77N4O16PSi2/c1-34(2)78(35(3)4,36(5)6)75-48-46(62)42(71-50(48)58-30-28-44(60)56-52(58)63)33-70-76(65,68-12)73-47-43(72-51(59-31-29-45(61)57-53(59)64)49(47)74-77(13,14)54(7,8)9)32-69-55(37-18-16-15-17-19-37,38-20-24-40(66-10)25-21-38)39-22-26-41(67-11)27-23-39/h15-31,34-36,42-43,46-51,62H,32-33H2,1-14H3,(H,56,60,63)(H,57,61,64)/t42-,43-,46-,47-,48-,49-,50-,51-,76?/m1/s1. The summed E-state index contributed by atoms with van der Waals surface area (Å²) < 4.78 is 82.4. The van der Waals surface area contributed by atoms with Crippen molar-refractivity contribution < 1.29 is 55.8 Å². The highest BCUT2D eigenvalue weighted by Gasteiger charge is 2.57. The summed E-state index contributed by atoms with van der Waals surface area (Å²) in [5.41, 5.74) is -1.98. The van der Waals surface area contributed by atoms with Crippen molar-refractivity contribution in [1.82, 2.24) is 19.1 Å². The third-order valence-electron chi connectivity index (χ3n) is 15.6. The van der Waals surface area contributed by atoms with Gasteiger partial charge in [-0.2, -0.15) is 0 Å². The molecule has 0 saturated carbocycles. The van der Waals surface area contributed by atoms with Gasteiger partial charge in [-0.3, -0.25) is 42.3 Å². The number of aromatic nitrogens is 4. The average Bonchev–Trinajstić information content (AvgIpc) is 4.00. The molecule has 4 heterocycles. The van der Waals surface area contributed by atoms with Crippen LogP contribution in [-0.4, -0.2) is 112 Å². The summed E-state index contributed by atoms with van der Waals surface area (Å²) in [5.74, 6) is 1.21. The molecule has 7 rings (SSSR count). The van der Waals surface area contributed by atoms with Gasteiger partial charge < -0.3 is 37.6 Å². The molecule has 2 aromatic heterocycles. The van der Waals surface area contributed by atoms with Crippen LogP contribution in [0.2, 0.25) is 34.8 Å². The molecular weight excluding hydrogens is 1060 g/mol. The Morgan fingerprint density at radius 1 is 0.628 bits per heavy atom. The van der Waals surface area contributed by atoms with Crippen LogP contribution in [0.5, 0.6) is 11.5 Å². The highest BCUT2D eigenvalue weighted by molar-refractivity contribution is 7.48. The number of phosphoric ester groups is 1. The maximum Gasteiger partial charge on any atom is 0.475 e. The second-order valence-electron chi connectivity index (χ2n) is 22.2. The van der Waals surface area contributed by atoms with Crippen LogP contribution in [0.4, 0.5) is 0 Å². The van der Waals surface area contributed by atoms with E-state index in [-0.39, 0.29) is 23.2 Å². The molecule has 0 bridgehead atoms. The Morgan fingerprint density at radius 2 is 1.09 bits per heavy atom. The van der Waals surface area contributed by atoms with E-state index in [1.807, 2.05) is 113 Å². The van der Waals surface area contributed by atoms with Crippen LogP contribution in [0.1, 0.15) is 91.5 Å². The second-order valence-corrected chi connectivity index (χ2v) is 34.1. The van der Waals surface area contributed by atoms with Gasteiger partial charge in [0.2, 0.25) is 8.32 Å². The first kappa shape index (κ1) is 60.6. The lowest BCUT2D eigenvalue weighted by Crippen LogP contribution is -2.54. The molecule has 9 atom stereocenters. The monoisotopic (exact) mass is 1140 g/mol. The number of phosphoric acid groups is 1. The molecule has 23 heteroatoms. The summed E-state index contributed by atoms with van der Waals surface area (Å²) in [6, 6.07) is 26.7. The van der Waals surface area contributed by atoms with Gasteiger partial charge in [0.1, 0.15) is 53.7 Å². The number of benzene rings is 3. The van der Waals surface area contributed by atoms with Gasteiger partial charge in [0.05, 0.1) is 27.4 Å². The summed E-state index contributed by atoms with van der Waals surface area (Å²) in [4.78, 5) is 56.6. The number of nitrogens with zero attached hydrogens (tertiary/aromatic N) is 2. The minimum atomic E-state index is -4.83. The van der Waals surface area contributed by atoms with E-state index < -0.39 is 113 Å². The molecule has 2 aliphatic rings. The highest BCUT2D eigenvalue weighted by Crippen LogP contribution is 2.55. The first-order valence-corrected chi connectivity index (χ1v) is 32.7. The van der Waals surface area contributed by atoms with E-state index >= 15 is 4.57 Å². The number of nitrogens with one attached hydrogen (secondary N) is 2. The molecule has 3 N–H and O–H groups in total. The number of rotatable bonds is 23. The van der Waals surface area contributed by atoms with Crippen molar-refractivity contribution in [3.63, 3.8) is 0 Å². The topological polar surface area (TPSA) is 239 Å². The SMILES string of the molecule is COc1ccc(C(OC[C@H]2O[C@@H](n3ccc(=O)[nH]c3=O)[C@H](O[Si](C)(C)C(C)(C)C)[C@@H]2OP(=O)(OC)OC[C@H]2O[C@@H](n3ccc(=O)[nH]c3=O)[C@H](O[Si](C(C)C)(C(C)C)C(C)C)[C@@H]2O)(c2ccccc2)c2ccc(OC)cc2)cc1. The second kappa shape index (κ2) is 24.3.